The molecule has 1 amide bonds. The smallest absolute Gasteiger partial charge is 0.259 e. The summed E-state index contributed by atoms with van der Waals surface area (Å²) in [4.78, 5) is 25.9. The van der Waals surface area contributed by atoms with Crippen LogP contribution in [0.5, 0.6) is 5.88 Å². The highest BCUT2D eigenvalue weighted by Crippen LogP contribution is 2.35. The van der Waals surface area contributed by atoms with Gasteiger partial charge in [0.15, 0.2) is 0 Å². The Balaban J connectivity index is 1.67. The molecule has 1 aliphatic heterocycles. The summed E-state index contributed by atoms with van der Waals surface area (Å²) >= 11 is 1.27. The second-order valence-corrected chi connectivity index (χ2v) is 7.39. The number of aryl methyl sites for hydroxylation is 1. The maximum absolute atomic E-state index is 11.7. The number of amides is 1. The van der Waals surface area contributed by atoms with Crippen molar-refractivity contribution < 1.29 is 9.53 Å². The van der Waals surface area contributed by atoms with Crippen LogP contribution in [0.1, 0.15) is 28.1 Å². The maximum atomic E-state index is 11.7. The Kier molecular flexibility index (Phi) is 4.87. The monoisotopic (exact) mass is 384 g/mol. The number of ether oxygens (including phenoxy) is 1. The zero-order chi connectivity index (χ0) is 18.8. The van der Waals surface area contributed by atoms with E-state index in [9.17, 15) is 4.79 Å². The van der Waals surface area contributed by atoms with Gasteiger partial charge >= 0.3 is 0 Å². The summed E-state index contributed by atoms with van der Waals surface area (Å²) in [5.41, 5.74) is 6.96. The number of thiophene rings is 1. The van der Waals surface area contributed by atoms with Gasteiger partial charge in [-0.3, -0.25) is 4.79 Å². The Bertz CT molecular complexity index is 983. The number of hydrogen-bond acceptors (Lipinski definition) is 8. The van der Waals surface area contributed by atoms with E-state index < -0.39 is 5.91 Å². The van der Waals surface area contributed by atoms with E-state index >= 15 is 0 Å². The summed E-state index contributed by atoms with van der Waals surface area (Å²) in [5, 5.41) is 7.41. The quantitative estimate of drug-likeness (QED) is 0.618. The highest BCUT2D eigenvalue weighted by Gasteiger charge is 2.20. The van der Waals surface area contributed by atoms with Crippen molar-refractivity contribution in [3.8, 4) is 5.88 Å². The number of aromatic nitrogens is 3. The van der Waals surface area contributed by atoms with Gasteiger partial charge in [0.1, 0.15) is 28.8 Å². The number of nitrogens with one attached hydrogen (secondary N) is 2. The average molecular weight is 384 g/mol. The Morgan fingerprint density at radius 3 is 3.07 bits per heavy atom. The lowest BCUT2D eigenvalue weighted by Gasteiger charge is -2.24. The van der Waals surface area contributed by atoms with Crippen LogP contribution in [0.15, 0.2) is 24.7 Å². The number of carbonyl (C=O) groups excluding carboxylic acids is 1. The van der Waals surface area contributed by atoms with Gasteiger partial charge in [-0.2, -0.15) is 0 Å². The standard InChI is InChI=1S/C18H20N6O2S/c1-10-13-16(22-9-23-18(13)27-14(10)15(19)25)24-12-5-3-7-21-17(12)26-11-4-2-6-20-8-11/h3,5,7,9,11,20H,2,4,6,8H2,1H3,(H2,19,25)(H,22,23,24). The number of rotatable bonds is 5. The van der Waals surface area contributed by atoms with Crippen LogP contribution in [0.4, 0.5) is 11.5 Å². The van der Waals surface area contributed by atoms with Crippen LogP contribution in [-0.2, 0) is 0 Å². The van der Waals surface area contributed by atoms with Crippen molar-refractivity contribution in [1.82, 2.24) is 20.3 Å². The molecule has 9 heteroatoms. The molecule has 3 aromatic rings. The first kappa shape index (κ1) is 17.6. The summed E-state index contributed by atoms with van der Waals surface area (Å²) in [6.07, 6.45) is 5.33. The van der Waals surface area contributed by atoms with Crippen molar-refractivity contribution in [1.29, 1.82) is 0 Å². The van der Waals surface area contributed by atoms with Crippen molar-refractivity contribution in [2.75, 3.05) is 18.4 Å². The maximum Gasteiger partial charge on any atom is 0.259 e. The zero-order valence-corrected chi connectivity index (χ0v) is 15.7. The molecule has 0 radical (unpaired) electrons. The molecule has 0 spiro atoms. The normalized spacial score (nSPS) is 17.0. The zero-order valence-electron chi connectivity index (χ0n) is 14.9. The Morgan fingerprint density at radius 1 is 1.41 bits per heavy atom. The number of fused-ring (bicyclic) bond motifs is 1. The molecule has 8 nitrogen and oxygen atoms in total. The summed E-state index contributed by atoms with van der Waals surface area (Å²) in [5.74, 6) is 0.665. The van der Waals surface area contributed by atoms with Gasteiger partial charge in [-0.1, -0.05) is 0 Å². The Morgan fingerprint density at radius 2 is 2.30 bits per heavy atom. The average Bonchev–Trinajstić information content (AvgIpc) is 3.02. The number of hydrogen-bond donors (Lipinski definition) is 3. The minimum Gasteiger partial charge on any atom is -0.472 e. The summed E-state index contributed by atoms with van der Waals surface area (Å²) < 4.78 is 6.09. The first-order chi connectivity index (χ1) is 13.1. The van der Waals surface area contributed by atoms with Crippen LogP contribution < -0.4 is 21.1 Å². The molecule has 3 aromatic heterocycles. The van der Waals surface area contributed by atoms with E-state index in [0.717, 1.165) is 36.9 Å². The van der Waals surface area contributed by atoms with Crippen molar-refractivity contribution in [2.45, 2.75) is 25.9 Å². The van der Waals surface area contributed by atoms with Crippen LogP contribution in [0.2, 0.25) is 0 Å². The van der Waals surface area contributed by atoms with Crippen LogP contribution >= 0.6 is 11.3 Å². The number of piperidine rings is 1. The lowest BCUT2D eigenvalue weighted by Crippen LogP contribution is -2.37. The molecule has 1 aliphatic rings. The molecule has 1 fully saturated rings. The number of pyridine rings is 1. The van der Waals surface area contributed by atoms with E-state index in [1.54, 1.807) is 6.20 Å². The van der Waals surface area contributed by atoms with E-state index in [1.807, 2.05) is 19.1 Å². The third-order valence-corrected chi connectivity index (χ3v) is 5.72. The van der Waals surface area contributed by atoms with E-state index in [4.69, 9.17) is 10.5 Å². The lowest BCUT2D eigenvalue weighted by atomic mass is 10.1. The van der Waals surface area contributed by atoms with Crippen molar-refractivity contribution in [2.24, 2.45) is 5.73 Å². The molecule has 1 atom stereocenters. The molecule has 1 saturated heterocycles. The van der Waals surface area contributed by atoms with E-state index in [2.05, 4.69) is 25.6 Å². The Labute approximate surface area is 160 Å². The first-order valence-electron chi connectivity index (χ1n) is 8.77. The van der Waals surface area contributed by atoms with E-state index in [0.29, 0.717) is 27.1 Å². The highest BCUT2D eigenvalue weighted by molar-refractivity contribution is 7.20. The summed E-state index contributed by atoms with van der Waals surface area (Å²) in [6, 6.07) is 3.73. The molecule has 4 N–H and O–H groups in total. The SMILES string of the molecule is Cc1c(C(N)=O)sc2ncnc(Nc3cccnc3OC3CCCNC3)c12. The molecule has 140 valence electrons. The van der Waals surface area contributed by atoms with Gasteiger partial charge in [0.05, 0.1) is 10.3 Å². The van der Waals surface area contributed by atoms with Gasteiger partial charge in [-0.05, 0) is 44.0 Å². The van der Waals surface area contributed by atoms with Gasteiger partial charge in [0, 0.05) is 12.7 Å². The van der Waals surface area contributed by atoms with Gasteiger partial charge in [-0.15, -0.1) is 11.3 Å². The third kappa shape index (κ3) is 3.56. The largest absolute Gasteiger partial charge is 0.472 e. The minimum absolute atomic E-state index is 0.0870. The number of primary amides is 1. The predicted molar refractivity (Wildman–Crippen MR) is 105 cm³/mol. The van der Waals surface area contributed by atoms with Gasteiger partial charge in [-0.25, -0.2) is 15.0 Å². The van der Waals surface area contributed by atoms with Gasteiger partial charge < -0.3 is 21.1 Å². The van der Waals surface area contributed by atoms with Crippen LogP contribution in [0.25, 0.3) is 10.2 Å². The van der Waals surface area contributed by atoms with E-state index in [-0.39, 0.29) is 6.10 Å². The fourth-order valence-electron chi connectivity index (χ4n) is 3.19. The molecule has 0 aromatic carbocycles. The van der Waals surface area contributed by atoms with Crippen LogP contribution in [-0.4, -0.2) is 40.1 Å². The second-order valence-electron chi connectivity index (χ2n) is 6.39. The molecule has 4 heterocycles. The topological polar surface area (TPSA) is 115 Å². The van der Waals surface area contributed by atoms with Crippen molar-refractivity contribution >= 4 is 39.0 Å². The third-order valence-electron chi connectivity index (χ3n) is 4.50. The predicted octanol–water partition coefficient (Wildman–Crippen LogP) is 2.37. The van der Waals surface area contributed by atoms with Gasteiger partial charge in [0.2, 0.25) is 5.88 Å². The first-order valence-corrected chi connectivity index (χ1v) is 9.58. The molecule has 4 rings (SSSR count). The number of nitrogens with zero attached hydrogens (tertiary/aromatic N) is 3. The molecular weight excluding hydrogens is 364 g/mol. The second kappa shape index (κ2) is 7.45. The fourth-order valence-corrected chi connectivity index (χ4v) is 4.19. The Hall–Kier alpha value is -2.78. The lowest BCUT2D eigenvalue weighted by molar-refractivity contribution is 0.100. The number of carbonyl (C=O) groups is 1. The van der Waals surface area contributed by atoms with Crippen molar-refractivity contribution in [3.63, 3.8) is 0 Å². The van der Waals surface area contributed by atoms with Gasteiger partial charge in [0.25, 0.3) is 5.91 Å². The molecule has 0 aliphatic carbocycles. The molecular formula is C18H20N6O2S. The van der Waals surface area contributed by atoms with Crippen molar-refractivity contribution in [3.05, 3.63) is 35.1 Å². The minimum atomic E-state index is -0.461. The summed E-state index contributed by atoms with van der Waals surface area (Å²) in [6.45, 7) is 3.67. The van der Waals surface area contributed by atoms with Crippen LogP contribution in [0.3, 0.4) is 0 Å². The molecule has 0 bridgehead atoms. The number of anilines is 2. The highest BCUT2D eigenvalue weighted by atomic mass is 32.1. The molecule has 0 saturated carbocycles. The molecule has 27 heavy (non-hydrogen) atoms. The molecule has 1 unspecified atom stereocenters. The van der Waals surface area contributed by atoms with E-state index in [1.165, 1.54) is 17.7 Å². The number of nitrogens with two attached hydrogens (primary N) is 1. The summed E-state index contributed by atoms with van der Waals surface area (Å²) in [7, 11) is 0. The fraction of sp³-hybridized carbons (Fsp3) is 0.333. The van der Waals surface area contributed by atoms with Crippen LogP contribution in [0, 0.1) is 6.92 Å².